The molecule has 1 aliphatic heterocycles. The lowest BCUT2D eigenvalue weighted by atomic mass is 10.2. The third-order valence-electron chi connectivity index (χ3n) is 3.09. The molecule has 0 bridgehead atoms. The molecular weight excluding hydrogens is 268 g/mol. The van der Waals surface area contributed by atoms with Crippen molar-refractivity contribution in [1.29, 1.82) is 0 Å². The molecule has 0 saturated carbocycles. The Balaban J connectivity index is 2.58. The summed E-state index contributed by atoms with van der Waals surface area (Å²) in [7, 11) is 1.60. The number of carboxylic acids is 1. The number of ether oxygens (including phenoxy) is 1. The second-order valence-electron chi connectivity index (χ2n) is 4.53. The molecule has 1 rings (SSSR count). The summed E-state index contributed by atoms with van der Waals surface area (Å²) in [6.07, 6.45) is 0.785. The zero-order valence-electron chi connectivity index (χ0n) is 11.4. The van der Waals surface area contributed by atoms with Crippen LogP contribution in [-0.4, -0.2) is 65.9 Å². The van der Waals surface area contributed by atoms with Crippen LogP contribution >= 0.6 is 11.8 Å². The first-order valence-corrected chi connectivity index (χ1v) is 7.59. The molecule has 0 aromatic rings. The summed E-state index contributed by atoms with van der Waals surface area (Å²) in [5.41, 5.74) is 0. The molecule has 2 N–H and O–H groups in total. The number of carbonyl (C=O) groups is 2. The van der Waals surface area contributed by atoms with E-state index in [9.17, 15) is 9.59 Å². The Hall–Kier alpha value is -0.950. The normalized spacial score (nSPS) is 20.9. The van der Waals surface area contributed by atoms with Gasteiger partial charge in [-0.2, -0.15) is 11.8 Å². The van der Waals surface area contributed by atoms with Crippen LogP contribution in [-0.2, 0) is 9.53 Å². The molecule has 1 heterocycles. The van der Waals surface area contributed by atoms with E-state index in [1.807, 2.05) is 6.92 Å². The van der Waals surface area contributed by atoms with Crippen molar-refractivity contribution in [1.82, 2.24) is 10.2 Å². The van der Waals surface area contributed by atoms with Gasteiger partial charge in [0, 0.05) is 25.2 Å². The van der Waals surface area contributed by atoms with Crippen LogP contribution in [0.3, 0.4) is 0 Å². The number of methoxy groups -OCH3 is 1. The molecule has 2 unspecified atom stereocenters. The van der Waals surface area contributed by atoms with Crippen LogP contribution in [0.2, 0.25) is 0 Å². The third-order valence-corrected chi connectivity index (χ3v) is 4.18. The van der Waals surface area contributed by atoms with Crippen LogP contribution in [0.4, 0.5) is 4.79 Å². The van der Waals surface area contributed by atoms with E-state index in [-0.39, 0.29) is 24.5 Å². The number of carboxylic acid groups (broad SMARTS) is 1. The smallest absolute Gasteiger partial charge is 0.318 e. The van der Waals surface area contributed by atoms with E-state index in [1.165, 1.54) is 0 Å². The fourth-order valence-electron chi connectivity index (χ4n) is 2.01. The minimum atomic E-state index is -0.866. The second-order valence-corrected chi connectivity index (χ2v) is 5.68. The van der Waals surface area contributed by atoms with Crippen molar-refractivity contribution < 1.29 is 19.4 Å². The van der Waals surface area contributed by atoms with E-state index in [2.05, 4.69) is 5.32 Å². The highest BCUT2D eigenvalue weighted by atomic mass is 32.2. The maximum Gasteiger partial charge on any atom is 0.318 e. The Morgan fingerprint density at radius 3 is 2.89 bits per heavy atom. The van der Waals surface area contributed by atoms with Gasteiger partial charge >= 0.3 is 12.0 Å². The monoisotopic (exact) mass is 290 g/mol. The predicted molar refractivity (Wildman–Crippen MR) is 74.6 cm³/mol. The topological polar surface area (TPSA) is 78.9 Å². The summed E-state index contributed by atoms with van der Waals surface area (Å²) in [6.45, 7) is 3.04. The molecule has 0 aliphatic carbocycles. The van der Waals surface area contributed by atoms with Gasteiger partial charge in [-0.25, -0.2) is 4.79 Å². The summed E-state index contributed by atoms with van der Waals surface area (Å²) in [5.74, 6) is 0.667. The predicted octanol–water partition coefficient (Wildman–Crippen LogP) is 1.01. The molecule has 0 spiro atoms. The molecule has 6 nitrogen and oxygen atoms in total. The molecule has 0 radical (unpaired) electrons. The summed E-state index contributed by atoms with van der Waals surface area (Å²) >= 11 is 1.69. The SMILES string of the molecule is CCC(COC)NC(=O)N1CCSCC1CC(=O)O. The molecule has 1 aliphatic rings. The lowest BCUT2D eigenvalue weighted by molar-refractivity contribution is -0.138. The van der Waals surface area contributed by atoms with Gasteiger partial charge in [0.15, 0.2) is 0 Å². The number of carbonyl (C=O) groups excluding carboxylic acids is 1. The summed E-state index contributed by atoms with van der Waals surface area (Å²) in [5, 5.41) is 11.8. The van der Waals surface area contributed by atoms with Crippen molar-refractivity contribution in [2.24, 2.45) is 0 Å². The number of urea groups is 1. The number of rotatable bonds is 6. The number of thioether (sulfide) groups is 1. The molecule has 0 aromatic heterocycles. The highest BCUT2D eigenvalue weighted by molar-refractivity contribution is 7.99. The lowest BCUT2D eigenvalue weighted by Crippen LogP contribution is -2.53. The zero-order chi connectivity index (χ0) is 14.3. The average molecular weight is 290 g/mol. The van der Waals surface area contributed by atoms with Crippen molar-refractivity contribution >= 4 is 23.8 Å². The molecule has 7 heteroatoms. The van der Waals surface area contributed by atoms with Crippen LogP contribution < -0.4 is 5.32 Å². The van der Waals surface area contributed by atoms with E-state index >= 15 is 0 Å². The van der Waals surface area contributed by atoms with Crippen LogP contribution in [0.1, 0.15) is 19.8 Å². The maximum atomic E-state index is 12.2. The molecule has 2 atom stereocenters. The van der Waals surface area contributed by atoms with Gasteiger partial charge in [0.05, 0.1) is 25.1 Å². The van der Waals surface area contributed by atoms with Crippen molar-refractivity contribution in [3.63, 3.8) is 0 Å². The zero-order valence-corrected chi connectivity index (χ0v) is 12.2. The quantitative estimate of drug-likeness (QED) is 0.763. The Kier molecular flexibility index (Phi) is 7.01. The lowest BCUT2D eigenvalue weighted by Gasteiger charge is -2.35. The number of nitrogens with zero attached hydrogens (tertiary/aromatic N) is 1. The number of hydrogen-bond acceptors (Lipinski definition) is 4. The second kappa shape index (κ2) is 8.27. The number of hydrogen-bond donors (Lipinski definition) is 2. The minimum Gasteiger partial charge on any atom is -0.481 e. The largest absolute Gasteiger partial charge is 0.481 e. The van der Waals surface area contributed by atoms with Gasteiger partial charge in [0.25, 0.3) is 0 Å². The van der Waals surface area contributed by atoms with E-state index in [0.29, 0.717) is 18.9 Å². The fourth-order valence-corrected chi connectivity index (χ4v) is 3.08. The van der Waals surface area contributed by atoms with E-state index in [1.54, 1.807) is 23.8 Å². The van der Waals surface area contributed by atoms with Gasteiger partial charge in [-0.3, -0.25) is 4.79 Å². The first-order chi connectivity index (χ1) is 9.08. The molecule has 19 heavy (non-hydrogen) atoms. The molecular formula is C12H22N2O4S. The van der Waals surface area contributed by atoms with Gasteiger partial charge < -0.3 is 20.1 Å². The van der Waals surface area contributed by atoms with Crippen molar-refractivity contribution in [3.05, 3.63) is 0 Å². The number of amides is 2. The van der Waals surface area contributed by atoms with Crippen LogP contribution in [0.5, 0.6) is 0 Å². The standard InChI is InChI=1S/C12H22N2O4S/c1-3-9(7-18-2)13-12(17)14-4-5-19-8-10(14)6-11(15)16/h9-10H,3-8H2,1-2H3,(H,13,17)(H,15,16). The molecule has 0 aromatic carbocycles. The Labute approximate surface area is 117 Å². The molecule has 110 valence electrons. The van der Waals surface area contributed by atoms with Gasteiger partial charge in [0.2, 0.25) is 0 Å². The maximum absolute atomic E-state index is 12.2. The first kappa shape index (κ1) is 16.1. The van der Waals surface area contributed by atoms with Crippen LogP contribution in [0.25, 0.3) is 0 Å². The number of nitrogens with one attached hydrogen (secondary N) is 1. The summed E-state index contributed by atoms with van der Waals surface area (Å²) < 4.78 is 5.04. The summed E-state index contributed by atoms with van der Waals surface area (Å²) in [4.78, 5) is 24.7. The van der Waals surface area contributed by atoms with Gasteiger partial charge in [0.1, 0.15) is 0 Å². The minimum absolute atomic E-state index is 0.00148. The first-order valence-electron chi connectivity index (χ1n) is 6.44. The van der Waals surface area contributed by atoms with E-state index in [4.69, 9.17) is 9.84 Å². The molecule has 2 amide bonds. The van der Waals surface area contributed by atoms with Crippen molar-refractivity contribution in [2.75, 3.05) is 31.8 Å². The van der Waals surface area contributed by atoms with Crippen molar-refractivity contribution in [2.45, 2.75) is 31.8 Å². The molecule has 1 saturated heterocycles. The Bertz CT molecular complexity index is 314. The summed E-state index contributed by atoms with van der Waals surface area (Å²) in [6, 6.07) is -0.440. The Morgan fingerprint density at radius 2 is 2.32 bits per heavy atom. The number of aliphatic carboxylic acids is 1. The third kappa shape index (κ3) is 5.28. The Morgan fingerprint density at radius 1 is 1.58 bits per heavy atom. The van der Waals surface area contributed by atoms with Gasteiger partial charge in [-0.05, 0) is 6.42 Å². The highest BCUT2D eigenvalue weighted by Gasteiger charge is 2.29. The van der Waals surface area contributed by atoms with Gasteiger partial charge in [-0.15, -0.1) is 0 Å². The average Bonchev–Trinajstić information content (AvgIpc) is 2.38. The van der Waals surface area contributed by atoms with Crippen molar-refractivity contribution in [3.8, 4) is 0 Å². The van der Waals surface area contributed by atoms with E-state index < -0.39 is 5.97 Å². The van der Waals surface area contributed by atoms with Gasteiger partial charge in [-0.1, -0.05) is 6.92 Å². The molecule has 1 fully saturated rings. The highest BCUT2D eigenvalue weighted by Crippen LogP contribution is 2.19. The fraction of sp³-hybridized carbons (Fsp3) is 0.833. The van der Waals surface area contributed by atoms with Crippen LogP contribution in [0, 0.1) is 0 Å². The van der Waals surface area contributed by atoms with Crippen LogP contribution in [0.15, 0.2) is 0 Å². The van der Waals surface area contributed by atoms with E-state index in [0.717, 1.165) is 12.2 Å².